The summed E-state index contributed by atoms with van der Waals surface area (Å²) in [6.07, 6.45) is 2.92. The maximum atomic E-state index is 11.8. The lowest BCUT2D eigenvalue weighted by molar-refractivity contribution is -0.134. The third kappa shape index (κ3) is 6.41. The van der Waals surface area contributed by atoms with Gasteiger partial charge in [-0.2, -0.15) is 0 Å². The normalized spacial score (nSPS) is 12.9. The number of phenolic OH excluding ortho intramolecular Hbond substituents is 1. The first-order chi connectivity index (χ1) is 13.9. The summed E-state index contributed by atoms with van der Waals surface area (Å²) in [6.45, 7) is 6.39. The van der Waals surface area contributed by atoms with Crippen molar-refractivity contribution in [2.75, 3.05) is 14.2 Å². The standard InChI is InChI=1S/C24H32O5/c1-6-7-24(26)29-21-11-9-19(15-23(21)28-5)13-17(3)16(2)12-18-8-10-20(25)22(14-18)27-4/h8-11,14-17,25H,6-7,12-13H2,1-5H3/t16-,17+/m1/s1. The van der Waals surface area contributed by atoms with Crippen LogP contribution in [-0.2, 0) is 17.6 Å². The van der Waals surface area contributed by atoms with Gasteiger partial charge in [-0.3, -0.25) is 4.79 Å². The molecule has 5 heteroatoms. The van der Waals surface area contributed by atoms with Crippen LogP contribution >= 0.6 is 0 Å². The average molecular weight is 401 g/mol. The van der Waals surface area contributed by atoms with E-state index in [1.807, 2.05) is 37.3 Å². The van der Waals surface area contributed by atoms with Gasteiger partial charge in [-0.15, -0.1) is 0 Å². The number of rotatable bonds is 10. The van der Waals surface area contributed by atoms with Gasteiger partial charge in [0, 0.05) is 6.42 Å². The second kappa shape index (κ2) is 10.7. The molecule has 0 spiro atoms. The largest absolute Gasteiger partial charge is 0.504 e. The van der Waals surface area contributed by atoms with Gasteiger partial charge in [-0.1, -0.05) is 32.9 Å². The van der Waals surface area contributed by atoms with Crippen LogP contribution in [-0.4, -0.2) is 25.3 Å². The van der Waals surface area contributed by atoms with Crippen LogP contribution in [0.25, 0.3) is 0 Å². The molecule has 1 N–H and O–H groups in total. The minimum atomic E-state index is -0.245. The van der Waals surface area contributed by atoms with Gasteiger partial charge in [-0.05, 0) is 66.5 Å². The Balaban J connectivity index is 2.03. The van der Waals surface area contributed by atoms with Crippen molar-refractivity contribution in [3.8, 4) is 23.0 Å². The molecular weight excluding hydrogens is 368 g/mol. The highest BCUT2D eigenvalue weighted by molar-refractivity contribution is 5.73. The number of esters is 1. The molecule has 5 nitrogen and oxygen atoms in total. The Morgan fingerprint density at radius 3 is 2.00 bits per heavy atom. The molecule has 2 aromatic rings. The van der Waals surface area contributed by atoms with Gasteiger partial charge in [0.15, 0.2) is 23.0 Å². The maximum Gasteiger partial charge on any atom is 0.311 e. The van der Waals surface area contributed by atoms with Gasteiger partial charge < -0.3 is 19.3 Å². The van der Waals surface area contributed by atoms with Crippen LogP contribution in [0.3, 0.4) is 0 Å². The highest BCUT2D eigenvalue weighted by Gasteiger charge is 2.17. The number of hydrogen-bond acceptors (Lipinski definition) is 5. The highest BCUT2D eigenvalue weighted by Crippen LogP contribution is 2.32. The predicted molar refractivity (Wildman–Crippen MR) is 114 cm³/mol. The first-order valence-electron chi connectivity index (χ1n) is 10.1. The molecule has 2 rings (SSSR count). The van der Waals surface area contributed by atoms with E-state index in [-0.39, 0.29) is 11.7 Å². The van der Waals surface area contributed by atoms with Gasteiger partial charge >= 0.3 is 5.97 Å². The van der Waals surface area contributed by atoms with Crippen molar-refractivity contribution in [3.05, 3.63) is 47.5 Å². The zero-order valence-corrected chi connectivity index (χ0v) is 18.0. The molecule has 2 aromatic carbocycles. The Hall–Kier alpha value is -2.69. The van der Waals surface area contributed by atoms with Crippen LogP contribution in [0.4, 0.5) is 0 Å². The third-order valence-corrected chi connectivity index (χ3v) is 5.24. The molecule has 2 atom stereocenters. The van der Waals surface area contributed by atoms with Crippen molar-refractivity contribution in [1.29, 1.82) is 0 Å². The molecule has 0 aromatic heterocycles. The summed E-state index contributed by atoms with van der Waals surface area (Å²) in [5.74, 6) is 2.31. The Morgan fingerprint density at radius 1 is 0.897 bits per heavy atom. The molecule has 29 heavy (non-hydrogen) atoms. The molecule has 0 bridgehead atoms. The number of hydrogen-bond donors (Lipinski definition) is 1. The second-order valence-corrected chi connectivity index (χ2v) is 7.58. The van der Waals surface area contributed by atoms with Crippen molar-refractivity contribution in [3.63, 3.8) is 0 Å². The fourth-order valence-corrected chi connectivity index (χ4v) is 3.30. The van der Waals surface area contributed by atoms with E-state index in [1.165, 1.54) is 0 Å². The highest BCUT2D eigenvalue weighted by atomic mass is 16.6. The summed E-state index contributed by atoms with van der Waals surface area (Å²) in [4.78, 5) is 11.8. The molecule has 0 aliphatic carbocycles. The smallest absolute Gasteiger partial charge is 0.311 e. The summed E-state index contributed by atoms with van der Waals surface area (Å²) < 4.78 is 16.0. The lowest BCUT2D eigenvalue weighted by Crippen LogP contribution is -2.14. The number of carbonyl (C=O) groups excluding carboxylic acids is 1. The van der Waals surface area contributed by atoms with Crippen LogP contribution < -0.4 is 14.2 Å². The average Bonchev–Trinajstić information content (AvgIpc) is 2.70. The fraction of sp³-hybridized carbons (Fsp3) is 0.458. The van der Waals surface area contributed by atoms with Crippen molar-refractivity contribution in [1.82, 2.24) is 0 Å². The van der Waals surface area contributed by atoms with Gasteiger partial charge in [0.25, 0.3) is 0 Å². The van der Waals surface area contributed by atoms with Crippen molar-refractivity contribution < 1.29 is 24.1 Å². The lowest BCUT2D eigenvalue weighted by Gasteiger charge is -2.21. The molecule has 0 saturated carbocycles. The second-order valence-electron chi connectivity index (χ2n) is 7.58. The Bertz CT molecular complexity index is 815. The maximum absolute atomic E-state index is 11.8. The van der Waals surface area contributed by atoms with Crippen LogP contribution in [0.15, 0.2) is 36.4 Å². The summed E-state index contributed by atoms with van der Waals surface area (Å²) in [5.41, 5.74) is 2.27. The predicted octanol–water partition coefficient (Wildman–Crippen LogP) is 5.17. The molecular formula is C24H32O5. The van der Waals surface area contributed by atoms with Gasteiger partial charge in [-0.25, -0.2) is 0 Å². The summed E-state index contributed by atoms with van der Waals surface area (Å²) >= 11 is 0. The lowest BCUT2D eigenvalue weighted by atomic mass is 9.85. The topological polar surface area (TPSA) is 65.0 Å². The molecule has 0 radical (unpaired) electrons. The third-order valence-electron chi connectivity index (χ3n) is 5.24. The van der Waals surface area contributed by atoms with E-state index in [2.05, 4.69) is 13.8 Å². The first-order valence-corrected chi connectivity index (χ1v) is 10.1. The van der Waals surface area contributed by atoms with Crippen LogP contribution in [0.5, 0.6) is 23.0 Å². The molecule has 158 valence electrons. The van der Waals surface area contributed by atoms with E-state index < -0.39 is 0 Å². The minimum absolute atomic E-state index is 0.156. The van der Waals surface area contributed by atoms with E-state index in [4.69, 9.17) is 14.2 Å². The van der Waals surface area contributed by atoms with Crippen LogP contribution in [0.2, 0.25) is 0 Å². The fourth-order valence-electron chi connectivity index (χ4n) is 3.30. The van der Waals surface area contributed by atoms with Gasteiger partial charge in [0.2, 0.25) is 0 Å². The summed E-state index contributed by atoms with van der Waals surface area (Å²) in [5, 5.41) is 9.76. The van der Waals surface area contributed by atoms with E-state index in [9.17, 15) is 9.90 Å². The molecule has 0 amide bonds. The Kier molecular flexibility index (Phi) is 8.37. The van der Waals surface area contributed by atoms with Crippen LogP contribution in [0.1, 0.15) is 44.7 Å². The number of carbonyl (C=O) groups is 1. The van der Waals surface area contributed by atoms with Crippen molar-refractivity contribution in [2.45, 2.75) is 46.5 Å². The minimum Gasteiger partial charge on any atom is -0.504 e. The quantitative estimate of drug-likeness (QED) is 0.440. The van der Waals surface area contributed by atoms with E-state index in [1.54, 1.807) is 20.3 Å². The summed E-state index contributed by atoms with van der Waals surface area (Å²) in [6, 6.07) is 11.2. The van der Waals surface area contributed by atoms with E-state index >= 15 is 0 Å². The SMILES string of the molecule is CCCC(=O)Oc1ccc(C[C@H](C)[C@H](C)Cc2ccc(O)c(OC)c2)cc1OC. The van der Waals surface area contributed by atoms with Crippen molar-refractivity contribution in [2.24, 2.45) is 11.8 Å². The van der Waals surface area contributed by atoms with E-state index in [0.29, 0.717) is 35.5 Å². The summed E-state index contributed by atoms with van der Waals surface area (Å²) in [7, 11) is 3.14. The molecule has 0 aliphatic heterocycles. The number of methoxy groups -OCH3 is 2. The Labute approximate surface area is 173 Å². The first kappa shape index (κ1) is 22.6. The molecule has 0 heterocycles. The monoisotopic (exact) mass is 400 g/mol. The van der Waals surface area contributed by atoms with Crippen molar-refractivity contribution >= 4 is 5.97 Å². The van der Waals surface area contributed by atoms with Gasteiger partial charge in [0.1, 0.15) is 0 Å². The number of ether oxygens (including phenoxy) is 3. The number of benzene rings is 2. The number of aromatic hydroxyl groups is 1. The zero-order chi connectivity index (χ0) is 21.4. The Morgan fingerprint density at radius 2 is 1.45 bits per heavy atom. The zero-order valence-electron chi connectivity index (χ0n) is 18.0. The molecule has 0 unspecified atom stereocenters. The molecule has 0 saturated heterocycles. The number of phenols is 1. The molecule has 0 fully saturated rings. The van der Waals surface area contributed by atoms with Crippen LogP contribution in [0, 0.1) is 11.8 Å². The molecule has 0 aliphatic rings. The van der Waals surface area contributed by atoms with E-state index in [0.717, 1.165) is 30.4 Å². The van der Waals surface area contributed by atoms with Gasteiger partial charge in [0.05, 0.1) is 14.2 Å².